The first-order valence-corrected chi connectivity index (χ1v) is 8.20. The molecule has 1 fully saturated rings. The highest BCUT2D eigenvalue weighted by atomic mass is 32.2. The second kappa shape index (κ2) is 6.16. The monoisotopic (exact) mass is 262 g/mol. The predicted octanol–water partition coefficient (Wildman–Crippen LogP) is 1.48. The lowest BCUT2D eigenvalue weighted by Crippen LogP contribution is -2.41. The van der Waals surface area contributed by atoms with Crippen LogP contribution in [-0.4, -0.2) is 33.3 Å². The van der Waals surface area contributed by atoms with Gasteiger partial charge in [-0.15, -0.1) is 0 Å². The van der Waals surface area contributed by atoms with E-state index in [-0.39, 0.29) is 11.8 Å². The fourth-order valence-electron chi connectivity index (χ4n) is 2.21. The summed E-state index contributed by atoms with van der Waals surface area (Å²) in [6.45, 7) is 7.83. The van der Waals surface area contributed by atoms with Gasteiger partial charge in [0.15, 0.2) is 0 Å². The van der Waals surface area contributed by atoms with Gasteiger partial charge in [0.25, 0.3) is 0 Å². The maximum atomic E-state index is 11.8. The van der Waals surface area contributed by atoms with E-state index in [9.17, 15) is 8.42 Å². The summed E-state index contributed by atoms with van der Waals surface area (Å²) < 4.78 is 26.4. The molecule has 0 unspecified atom stereocenters. The number of hydrogen-bond acceptors (Lipinski definition) is 3. The Balaban J connectivity index is 2.34. The summed E-state index contributed by atoms with van der Waals surface area (Å²) in [6.07, 6.45) is 4.14. The smallest absolute Gasteiger partial charge is 0.213 e. The van der Waals surface area contributed by atoms with Crippen LogP contribution in [0.3, 0.4) is 0 Å². The summed E-state index contributed by atoms with van der Waals surface area (Å²) in [7, 11) is -3.10. The van der Waals surface area contributed by atoms with Gasteiger partial charge in [0.05, 0.1) is 5.75 Å². The van der Waals surface area contributed by atoms with E-state index in [2.05, 4.69) is 23.9 Å². The first kappa shape index (κ1) is 14.9. The van der Waals surface area contributed by atoms with Crippen LogP contribution in [0.25, 0.3) is 0 Å². The largest absolute Gasteiger partial charge is 0.316 e. The van der Waals surface area contributed by atoms with E-state index in [0.29, 0.717) is 12.0 Å². The Morgan fingerprint density at radius 3 is 2.35 bits per heavy atom. The zero-order chi connectivity index (χ0) is 12.9. The summed E-state index contributed by atoms with van der Waals surface area (Å²) in [5.41, 5.74) is 0.381. The van der Waals surface area contributed by atoms with E-state index >= 15 is 0 Å². The van der Waals surface area contributed by atoms with Crippen molar-refractivity contribution in [2.75, 3.05) is 18.8 Å². The average molecular weight is 262 g/mol. The van der Waals surface area contributed by atoms with Crippen LogP contribution in [0.15, 0.2) is 0 Å². The predicted molar refractivity (Wildman–Crippen MR) is 71.5 cm³/mol. The quantitative estimate of drug-likeness (QED) is 0.713. The van der Waals surface area contributed by atoms with E-state index in [1.807, 2.05) is 6.92 Å². The number of hydrogen-bond donors (Lipinski definition) is 2. The van der Waals surface area contributed by atoms with Crippen LogP contribution in [0.4, 0.5) is 0 Å². The minimum absolute atomic E-state index is 0.148. The summed E-state index contributed by atoms with van der Waals surface area (Å²) in [5, 5.41) is 3.04. The van der Waals surface area contributed by atoms with E-state index in [4.69, 9.17) is 0 Å². The average Bonchev–Trinajstić information content (AvgIpc) is 2.21. The van der Waals surface area contributed by atoms with E-state index in [0.717, 1.165) is 32.2 Å². The van der Waals surface area contributed by atoms with Gasteiger partial charge in [-0.1, -0.05) is 20.8 Å². The molecule has 4 nitrogen and oxygen atoms in total. The van der Waals surface area contributed by atoms with Gasteiger partial charge in [-0.25, -0.2) is 13.1 Å². The zero-order valence-corrected chi connectivity index (χ0v) is 12.1. The van der Waals surface area contributed by atoms with Crippen LogP contribution in [0.5, 0.6) is 0 Å². The highest BCUT2D eigenvalue weighted by molar-refractivity contribution is 7.89. The number of nitrogens with one attached hydrogen (secondary N) is 2. The summed E-state index contributed by atoms with van der Waals surface area (Å²) in [6, 6.07) is 0.148. The lowest BCUT2D eigenvalue weighted by atomic mass is 9.76. The van der Waals surface area contributed by atoms with Crippen LogP contribution < -0.4 is 10.0 Å². The highest BCUT2D eigenvalue weighted by Gasteiger charge is 2.28. The normalized spacial score (nSPS) is 21.6. The molecule has 5 heteroatoms. The van der Waals surface area contributed by atoms with Gasteiger partial charge in [0, 0.05) is 12.6 Å². The van der Waals surface area contributed by atoms with Gasteiger partial charge in [0.1, 0.15) is 0 Å². The Hall–Kier alpha value is -0.130. The molecule has 0 saturated heterocycles. The topological polar surface area (TPSA) is 58.2 Å². The lowest BCUT2D eigenvalue weighted by Gasteiger charge is -2.34. The van der Waals surface area contributed by atoms with Crippen molar-refractivity contribution in [1.82, 2.24) is 10.0 Å². The van der Waals surface area contributed by atoms with Gasteiger partial charge in [0.2, 0.25) is 10.0 Å². The molecule has 0 aliphatic heterocycles. The lowest BCUT2D eigenvalue weighted by molar-refractivity contribution is 0.218. The summed E-state index contributed by atoms with van der Waals surface area (Å²) in [5.74, 6) is 0.181. The molecule has 17 heavy (non-hydrogen) atoms. The third-order valence-corrected chi connectivity index (χ3v) is 4.92. The Bertz CT molecular complexity index is 315. The second-order valence-electron chi connectivity index (χ2n) is 5.73. The van der Waals surface area contributed by atoms with Crippen molar-refractivity contribution in [2.24, 2.45) is 5.41 Å². The van der Waals surface area contributed by atoms with Crippen molar-refractivity contribution in [2.45, 2.75) is 52.5 Å². The zero-order valence-electron chi connectivity index (χ0n) is 11.3. The molecule has 1 rings (SSSR count). The molecular formula is C12H26N2O2S. The van der Waals surface area contributed by atoms with Crippen molar-refractivity contribution in [3.63, 3.8) is 0 Å². The minimum atomic E-state index is -3.10. The van der Waals surface area contributed by atoms with Crippen LogP contribution >= 0.6 is 0 Å². The molecule has 1 aliphatic carbocycles. The molecule has 1 aliphatic rings. The maximum absolute atomic E-state index is 11.8. The van der Waals surface area contributed by atoms with Crippen LogP contribution in [0.2, 0.25) is 0 Å². The molecule has 0 aromatic heterocycles. The molecule has 0 atom stereocenters. The van der Waals surface area contributed by atoms with Gasteiger partial charge in [-0.3, -0.25) is 0 Å². The molecule has 0 aromatic carbocycles. The number of sulfonamides is 1. The van der Waals surface area contributed by atoms with Gasteiger partial charge >= 0.3 is 0 Å². The first-order chi connectivity index (χ1) is 7.85. The van der Waals surface area contributed by atoms with Crippen LogP contribution in [-0.2, 0) is 10.0 Å². The van der Waals surface area contributed by atoms with Crippen molar-refractivity contribution in [3.8, 4) is 0 Å². The van der Waals surface area contributed by atoms with Crippen LogP contribution in [0.1, 0.15) is 46.5 Å². The first-order valence-electron chi connectivity index (χ1n) is 6.55. The molecule has 1 saturated carbocycles. The van der Waals surface area contributed by atoms with Crippen molar-refractivity contribution >= 4 is 10.0 Å². The third kappa shape index (κ3) is 5.84. The third-order valence-electron chi connectivity index (χ3n) is 3.48. The molecule has 0 amide bonds. The molecule has 102 valence electrons. The van der Waals surface area contributed by atoms with Gasteiger partial charge in [-0.2, -0.15) is 0 Å². The molecule has 0 aromatic rings. The molecule has 2 N–H and O–H groups in total. The van der Waals surface area contributed by atoms with Crippen molar-refractivity contribution in [3.05, 3.63) is 0 Å². The fourth-order valence-corrected chi connectivity index (χ4v) is 3.49. The van der Waals surface area contributed by atoms with Gasteiger partial charge in [-0.05, 0) is 37.6 Å². The molecule has 0 bridgehead atoms. The van der Waals surface area contributed by atoms with E-state index in [1.54, 1.807) is 0 Å². The van der Waals surface area contributed by atoms with Crippen molar-refractivity contribution in [1.29, 1.82) is 0 Å². The maximum Gasteiger partial charge on any atom is 0.213 e. The van der Waals surface area contributed by atoms with Crippen molar-refractivity contribution < 1.29 is 8.42 Å². The molecule has 0 heterocycles. The minimum Gasteiger partial charge on any atom is -0.316 e. The van der Waals surface area contributed by atoms with E-state index in [1.165, 1.54) is 0 Å². The Morgan fingerprint density at radius 2 is 1.82 bits per heavy atom. The molecular weight excluding hydrogens is 236 g/mol. The van der Waals surface area contributed by atoms with Gasteiger partial charge < -0.3 is 5.32 Å². The van der Waals surface area contributed by atoms with Crippen LogP contribution in [0, 0.1) is 5.41 Å². The van der Waals surface area contributed by atoms with E-state index < -0.39 is 10.0 Å². The Labute approximate surface area is 106 Å². The number of rotatable bonds is 6. The second-order valence-corrected chi connectivity index (χ2v) is 7.60. The Morgan fingerprint density at radius 1 is 1.24 bits per heavy atom. The summed E-state index contributed by atoms with van der Waals surface area (Å²) in [4.78, 5) is 0. The SMILES string of the molecule is CCNCCS(=O)(=O)NC1CCC(C)(C)CC1. The highest BCUT2D eigenvalue weighted by Crippen LogP contribution is 2.35. The summed E-state index contributed by atoms with van der Waals surface area (Å²) >= 11 is 0. The molecule has 0 spiro atoms. The standard InChI is InChI=1S/C12H26N2O2S/c1-4-13-9-10-17(15,16)14-11-5-7-12(2,3)8-6-11/h11,13-14H,4-10H2,1-3H3. The molecule has 0 radical (unpaired) electrons. The fraction of sp³-hybridized carbons (Fsp3) is 1.00. The Kier molecular flexibility index (Phi) is 5.41.